The number of hydrogen-bond donors (Lipinski definition) is 1. The average Bonchev–Trinajstić information content (AvgIpc) is 3.44. The van der Waals surface area contributed by atoms with E-state index in [0.717, 1.165) is 18.9 Å². The standard InChI is InChI=1S/C22H17FN6O3S/c23-17-2-4-19(27-33(30,31)29-11-22(12-29)5-6-22)16(10-24)20(17)32-14-1-3-18-15(9-14)21-25-7-8-28(21)13-26-18/h1-4,7-9,13,27H,5-6,11-12H2. The van der Waals surface area contributed by atoms with Crippen LogP contribution in [0.5, 0.6) is 11.5 Å². The maximum atomic E-state index is 14.7. The van der Waals surface area contributed by atoms with Crippen molar-refractivity contribution < 1.29 is 17.5 Å². The van der Waals surface area contributed by atoms with E-state index in [1.807, 2.05) is 6.07 Å². The third-order valence-electron chi connectivity index (χ3n) is 6.20. The van der Waals surface area contributed by atoms with Gasteiger partial charge in [0.25, 0.3) is 0 Å². The van der Waals surface area contributed by atoms with Crippen molar-refractivity contribution in [3.8, 4) is 17.6 Å². The highest BCUT2D eigenvalue weighted by atomic mass is 32.2. The smallest absolute Gasteiger partial charge is 0.301 e. The van der Waals surface area contributed by atoms with Gasteiger partial charge in [-0.3, -0.25) is 9.12 Å². The molecular formula is C22H17FN6O3S. The van der Waals surface area contributed by atoms with E-state index in [-0.39, 0.29) is 28.2 Å². The van der Waals surface area contributed by atoms with E-state index in [0.29, 0.717) is 29.6 Å². The van der Waals surface area contributed by atoms with Crippen molar-refractivity contribution in [1.29, 1.82) is 5.26 Å². The number of halogens is 1. The van der Waals surface area contributed by atoms with Crippen LogP contribution >= 0.6 is 0 Å². The number of nitrogens with one attached hydrogen (secondary N) is 1. The van der Waals surface area contributed by atoms with Gasteiger partial charge in [0.1, 0.15) is 29.4 Å². The van der Waals surface area contributed by atoms with Crippen LogP contribution in [-0.4, -0.2) is 40.2 Å². The molecule has 1 spiro atoms. The highest BCUT2D eigenvalue weighted by Crippen LogP contribution is 2.53. The predicted molar refractivity (Wildman–Crippen MR) is 117 cm³/mol. The van der Waals surface area contributed by atoms with Gasteiger partial charge in [-0.15, -0.1) is 0 Å². The summed E-state index contributed by atoms with van der Waals surface area (Å²) in [7, 11) is -3.85. The molecule has 1 saturated heterocycles. The molecule has 2 aliphatic rings. The van der Waals surface area contributed by atoms with E-state index in [1.54, 1.807) is 41.3 Å². The summed E-state index contributed by atoms with van der Waals surface area (Å²) in [5, 5.41) is 10.4. The maximum Gasteiger partial charge on any atom is 0.301 e. The molecule has 3 heterocycles. The van der Waals surface area contributed by atoms with Crippen molar-refractivity contribution in [3.63, 3.8) is 0 Å². The van der Waals surface area contributed by atoms with Gasteiger partial charge in [0.2, 0.25) is 0 Å². The van der Waals surface area contributed by atoms with E-state index < -0.39 is 16.0 Å². The summed E-state index contributed by atoms with van der Waals surface area (Å²) in [6, 6.07) is 9.12. The van der Waals surface area contributed by atoms with Crippen molar-refractivity contribution in [2.45, 2.75) is 12.8 Å². The minimum absolute atomic E-state index is 0.0382. The number of nitrogens with zero attached hydrogens (tertiary/aromatic N) is 5. The Morgan fingerprint density at radius 1 is 1.18 bits per heavy atom. The van der Waals surface area contributed by atoms with E-state index >= 15 is 0 Å². The molecular weight excluding hydrogens is 447 g/mol. The SMILES string of the molecule is N#Cc1c(NS(=O)(=O)N2CC3(CC3)C2)ccc(F)c1Oc1ccc2ncn3ccnc3c2c1. The average molecular weight is 464 g/mol. The van der Waals surface area contributed by atoms with Gasteiger partial charge in [0.05, 0.1) is 11.2 Å². The van der Waals surface area contributed by atoms with Gasteiger partial charge in [0, 0.05) is 30.9 Å². The van der Waals surface area contributed by atoms with Crippen molar-refractivity contribution in [1.82, 2.24) is 18.7 Å². The first kappa shape index (κ1) is 19.9. The van der Waals surface area contributed by atoms with Crippen LogP contribution in [0.2, 0.25) is 0 Å². The van der Waals surface area contributed by atoms with Crippen molar-refractivity contribution in [2.24, 2.45) is 5.41 Å². The minimum Gasteiger partial charge on any atom is -0.453 e. The molecule has 2 aromatic heterocycles. The molecule has 0 amide bonds. The monoisotopic (exact) mass is 464 g/mol. The Labute approximate surface area is 188 Å². The fraction of sp³-hybridized carbons (Fsp3) is 0.227. The number of fused-ring (bicyclic) bond motifs is 3. The molecule has 0 radical (unpaired) electrons. The zero-order valence-corrected chi connectivity index (χ0v) is 18.0. The third-order valence-corrected chi connectivity index (χ3v) is 7.62. The van der Waals surface area contributed by atoms with Crippen LogP contribution in [0.25, 0.3) is 16.6 Å². The second-order valence-corrected chi connectivity index (χ2v) is 10.1. The summed E-state index contributed by atoms with van der Waals surface area (Å²) in [6.45, 7) is 0.921. The normalized spacial score (nSPS) is 17.1. The molecule has 0 unspecified atom stereocenters. The number of anilines is 1. The molecule has 2 fully saturated rings. The van der Waals surface area contributed by atoms with Crippen LogP contribution in [0.1, 0.15) is 18.4 Å². The van der Waals surface area contributed by atoms with Crippen LogP contribution < -0.4 is 9.46 Å². The first-order chi connectivity index (χ1) is 15.9. The molecule has 1 aliphatic carbocycles. The second kappa shape index (κ2) is 6.87. The number of nitriles is 1. The van der Waals surface area contributed by atoms with Crippen molar-refractivity contribution in [2.75, 3.05) is 17.8 Å². The first-order valence-corrected chi connectivity index (χ1v) is 11.7. The Balaban J connectivity index is 1.35. The molecule has 9 nitrogen and oxygen atoms in total. The Morgan fingerprint density at radius 3 is 2.76 bits per heavy atom. The van der Waals surface area contributed by atoms with Gasteiger partial charge in [-0.05, 0) is 48.6 Å². The van der Waals surface area contributed by atoms with E-state index in [4.69, 9.17) is 4.74 Å². The van der Waals surface area contributed by atoms with E-state index in [2.05, 4.69) is 14.7 Å². The Hall–Kier alpha value is -3.75. The van der Waals surface area contributed by atoms with Gasteiger partial charge in [-0.2, -0.15) is 18.0 Å². The lowest BCUT2D eigenvalue weighted by molar-refractivity contribution is 0.180. The van der Waals surface area contributed by atoms with Crippen molar-refractivity contribution in [3.05, 3.63) is 60.4 Å². The van der Waals surface area contributed by atoms with E-state index in [1.165, 1.54) is 10.4 Å². The molecule has 0 atom stereocenters. The summed E-state index contributed by atoms with van der Waals surface area (Å²) in [5.41, 5.74) is 1.18. The summed E-state index contributed by atoms with van der Waals surface area (Å²) < 4.78 is 51.4. The molecule has 1 N–H and O–H groups in total. The predicted octanol–water partition coefficient (Wildman–Crippen LogP) is 3.44. The number of imidazole rings is 1. The zero-order chi connectivity index (χ0) is 22.8. The summed E-state index contributed by atoms with van der Waals surface area (Å²) >= 11 is 0. The van der Waals surface area contributed by atoms with Crippen LogP contribution in [0.15, 0.2) is 49.1 Å². The fourth-order valence-electron chi connectivity index (χ4n) is 4.15. The van der Waals surface area contributed by atoms with Crippen molar-refractivity contribution >= 4 is 32.4 Å². The highest BCUT2D eigenvalue weighted by molar-refractivity contribution is 7.90. The minimum atomic E-state index is -3.85. The van der Waals surface area contributed by atoms with Gasteiger partial charge < -0.3 is 4.74 Å². The fourth-order valence-corrected chi connectivity index (χ4v) is 5.61. The lowest BCUT2D eigenvalue weighted by Gasteiger charge is -2.38. The molecule has 4 aromatic rings. The van der Waals surface area contributed by atoms with Gasteiger partial charge in [-0.1, -0.05) is 0 Å². The molecule has 2 aromatic carbocycles. The summed E-state index contributed by atoms with van der Waals surface area (Å²) in [5.74, 6) is -0.885. The topological polar surface area (TPSA) is 113 Å². The summed E-state index contributed by atoms with van der Waals surface area (Å²) in [6.07, 6.45) is 7.09. The van der Waals surface area contributed by atoms with E-state index in [9.17, 15) is 18.1 Å². The van der Waals surface area contributed by atoms with Crippen LogP contribution in [0.4, 0.5) is 10.1 Å². The second-order valence-electron chi connectivity index (χ2n) is 8.47. The molecule has 166 valence electrons. The molecule has 33 heavy (non-hydrogen) atoms. The lowest BCUT2D eigenvalue weighted by atomic mass is 10.0. The molecule has 1 aliphatic heterocycles. The van der Waals surface area contributed by atoms with Gasteiger partial charge in [0.15, 0.2) is 11.6 Å². The lowest BCUT2D eigenvalue weighted by Crippen LogP contribution is -2.53. The zero-order valence-electron chi connectivity index (χ0n) is 17.2. The molecule has 1 saturated carbocycles. The Morgan fingerprint density at radius 2 is 2.00 bits per heavy atom. The number of hydrogen-bond acceptors (Lipinski definition) is 6. The molecule has 0 bridgehead atoms. The maximum absolute atomic E-state index is 14.7. The number of rotatable bonds is 5. The molecule has 6 rings (SSSR count). The van der Waals surface area contributed by atoms with Crippen LogP contribution in [0, 0.1) is 22.6 Å². The van der Waals surface area contributed by atoms with Gasteiger partial charge >= 0.3 is 10.2 Å². The third kappa shape index (κ3) is 3.26. The number of aromatic nitrogens is 3. The quantitative estimate of drug-likeness (QED) is 0.484. The number of benzene rings is 2. The van der Waals surface area contributed by atoms with Gasteiger partial charge in [-0.25, -0.2) is 14.4 Å². The number of ether oxygens (including phenoxy) is 1. The Bertz CT molecular complexity index is 1580. The highest BCUT2D eigenvalue weighted by Gasteiger charge is 2.55. The molecule has 11 heteroatoms. The summed E-state index contributed by atoms with van der Waals surface area (Å²) in [4.78, 5) is 8.64. The largest absolute Gasteiger partial charge is 0.453 e. The van der Waals surface area contributed by atoms with Crippen LogP contribution in [0.3, 0.4) is 0 Å². The first-order valence-electron chi connectivity index (χ1n) is 10.3. The Kier molecular flexibility index (Phi) is 4.14. The van der Waals surface area contributed by atoms with Crippen LogP contribution in [-0.2, 0) is 10.2 Å².